The minimum atomic E-state index is -0.385. The highest BCUT2D eigenvalue weighted by Gasteiger charge is 2.12. The van der Waals surface area contributed by atoms with Gasteiger partial charge in [-0.2, -0.15) is 5.10 Å². The first-order valence-corrected chi connectivity index (χ1v) is 9.00. The quantitative estimate of drug-likeness (QED) is 0.358. The zero-order valence-corrected chi connectivity index (χ0v) is 17.4. The van der Waals surface area contributed by atoms with Crippen LogP contribution in [0.2, 0.25) is 0 Å². The summed E-state index contributed by atoms with van der Waals surface area (Å²) >= 11 is 3.41. The first-order valence-electron chi connectivity index (χ1n) is 8.20. The number of halogens is 1. The summed E-state index contributed by atoms with van der Waals surface area (Å²) in [6.07, 6.45) is 3.13. The molecule has 0 bridgehead atoms. The van der Waals surface area contributed by atoms with Crippen LogP contribution in [0.1, 0.15) is 15.9 Å². The van der Waals surface area contributed by atoms with Crippen molar-refractivity contribution in [2.45, 2.75) is 0 Å². The van der Waals surface area contributed by atoms with Crippen molar-refractivity contribution in [3.63, 3.8) is 0 Å². The average molecular weight is 449 g/mol. The number of hydrogen-bond acceptors (Lipinski definition) is 6. The van der Waals surface area contributed by atoms with Gasteiger partial charge in [0.25, 0.3) is 5.91 Å². The number of carbonyl (C=O) groups excluding carboxylic acids is 1. The van der Waals surface area contributed by atoms with Crippen LogP contribution in [0.5, 0.6) is 23.0 Å². The van der Waals surface area contributed by atoms with Crippen molar-refractivity contribution in [2.24, 2.45) is 5.10 Å². The zero-order valence-electron chi connectivity index (χ0n) is 15.8. The Bertz CT molecular complexity index is 883. The van der Waals surface area contributed by atoms with Crippen molar-refractivity contribution >= 4 is 28.1 Å². The maximum atomic E-state index is 12.3. The van der Waals surface area contributed by atoms with Gasteiger partial charge in [0.05, 0.1) is 32.0 Å². The fraction of sp³-hybridized carbons (Fsp3) is 0.200. The Kier molecular flexibility index (Phi) is 7.88. The Hall–Kier alpha value is -3.00. The van der Waals surface area contributed by atoms with E-state index in [1.165, 1.54) is 13.3 Å². The van der Waals surface area contributed by atoms with Gasteiger partial charge in [0.2, 0.25) is 0 Å². The van der Waals surface area contributed by atoms with Gasteiger partial charge in [-0.1, -0.05) is 12.7 Å². The molecule has 8 heteroatoms. The molecular weight excluding hydrogens is 428 g/mol. The molecule has 0 saturated heterocycles. The molecule has 0 heterocycles. The van der Waals surface area contributed by atoms with E-state index in [1.54, 1.807) is 50.6 Å². The molecule has 0 unspecified atom stereocenters. The van der Waals surface area contributed by atoms with Crippen molar-refractivity contribution in [1.82, 2.24) is 5.43 Å². The maximum absolute atomic E-state index is 12.3. The predicted molar refractivity (Wildman–Crippen MR) is 111 cm³/mol. The summed E-state index contributed by atoms with van der Waals surface area (Å²) in [5.41, 5.74) is 3.58. The Morgan fingerprint density at radius 3 is 2.50 bits per heavy atom. The topological polar surface area (TPSA) is 78.4 Å². The summed E-state index contributed by atoms with van der Waals surface area (Å²) in [6.45, 7) is 3.94. The highest BCUT2D eigenvalue weighted by Crippen LogP contribution is 2.35. The van der Waals surface area contributed by atoms with E-state index in [-0.39, 0.29) is 5.91 Å². The third-order valence-electron chi connectivity index (χ3n) is 3.62. The third-order valence-corrected chi connectivity index (χ3v) is 4.21. The molecular formula is C20H21BrN2O5. The molecule has 7 nitrogen and oxygen atoms in total. The molecule has 28 heavy (non-hydrogen) atoms. The minimum Gasteiger partial charge on any atom is -0.493 e. The largest absolute Gasteiger partial charge is 0.493 e. The second-order valence-corrected chi connectivity index (χ2v) is 6.26. The number of benzene rings is 2. The lowest BCUT2D eigenvalue weighted by atomic mass is 10.2. The SMILES string of the molecule is C=CCOc1ccc(C(=O)N/N=C/c2cc(Br)c(OC)c(OC)c2)cc1OC. The fourth-order valence-electron chi connectivity index (χ4n) is 2.32. The molecule has 0 radical (unpaired) electrons. The van der Waals surface area contributed by atoms with Crippen LogP contribution in [0.3, 0.4) is 0 Å². The van der Waals surface area contributed by atoms with Gasteiger partial charge in [0, 0.05) is 5.56 Å². The summed E-state index contributed by atoms with van der Waals surface area (Å²) in [7, 11) is 4.60. The lowest BCUT2D eigenvalue weighted by Gasteiger charge is -2.11. The van der Waals surface area contributed by atoms with E-state index < -0.39 is 0 Å². The van der Waals surface area contributed by atoms with Crippen molar-refractivity contribution < 1.29 is 23.7 Å². The number of hydrogen-bond donors (Lipinski definition) is 1. The Balaban J connectivity index is 2.11. The number of methoxy groups -OCH3 is 3. The molecule has 2 aromatic carbocycles. The number of rotatable bonds is 9. The number of nitrogens with one attached hydrogen (secondary N) is 1. The average Bonchev–Trinajstić information content (AvgIpc) is 2.71. The summed E-state index contributed by atoms with van der Waals surface area (Å²) in [5, 5.41) is 3.99. The highest BCUT2D eigenvalue weighted by molar-refractivity contribution is 9.10. The molecule has 2 aromatic rings. The molecule has 0 aliphatic rings. The lowest BCUT2D eigenvalue weighted by molar-refractivity contribution is 0.0954. The molecule has 1 amide bonds. The number of amides is 1. The monoisotopic (exact) mass is 448 g/mol. The van der Waals surface area contributed by atoms with Gasteiger partial charge in [-0.15, -0.1) is 0 Å². The number of ether oxygens (including phenoxy) is 4. The van der Waals surface area contributed by atoms with Crippen LogP contribution in [0, 0.1) is 0 Å². The first-order chi connectivity index (χ1) is 13.5. The van der Waals surface area contributed by atoms with Gasteiger partial charge in [-0.25, -0.2) is 5.43 Å². The van der Waals surface area contributed by atoms with Gasteiger partial charge < -0.3 is 18.9 Å². The van der Waals surface area contributed by atoms with E-state index in [2.05, 4.69) is 33.0 Å². The molecule has 0 aromatic heterocycles. The van der Waals surface area contributed by atoms with Crippen LogP contribution in [0.25, 0.3) is 0 Å². The first kappa shape index (κ1) is 21.3. The molecule has 148 valence electrons. The zero-order chi connectivity index (χ0) is 20.5. The van der Waals surface area contributed by atoms with Gasteiger partial charge in [0.15, 0.2) is 23.0 Å². The Morgan fingerprint density at radius 2 is 1.86 bits per heavy atom. The van der Waals surface area contributed by atoms with E-state index in [9.17, 15) is 4.79 Å². The molecule has 0 aliphatic carbocycles. The summed E-state index contributed by atoms with van der Waals surface area (Å²) in [4.78, 5) is 12.3. The van der Waals surface area contributed by atoms with Crippen molar-refractivity contribution in [3.8, 4) is 23.0 Å². The van der Waals surface area contributed by atoms with Crippen LogP contribution in [0.4, 0.5) is 0 Å². The minimum absolute atomic E-state index is 0.340. The van der Waals surface area contributed by atoms with Crippen LogP contribution < -0.4 is 24.4 Å². The smallest absolute Gasteiger partial charge is 0.271 e. The molecule has 2 rings (SSSR count). The van der Waals surface area contributed by atoms with Gasteiger partial charge in [0.1, 0.15) is 6.61 Å². The van der Waals surface area contributed by atoms with Crippen LogP contribution in [0.15, 0.2) is 52.6 Å². The van der Waals surface area contributed by atoms with Crippen LogP contribution in [-0.4, -0.2) is 40.1 Å². The third kappa shape index (κ3) is 5.26. The predicted octanol–water partition coefficient (Wildman–Crippen LogP) is 3.80. The van der Waals surface area contributed by atoms with Crippen molar-refractivity contribution in [3.05, 3.63) is 58.6 Å². The molecule has 0 aliphatic heterocycles. The van der Waals surface area contributed by atoms with E-state index in [0.717, 1.165) is 5.56 Å². The Labute approximate surface area is 172 Å². The standard InChI is InChI=1S/C20H21BrN2O5/c1-5-8-28-16-7-6-14(11-17(16)25-2)20(24)23-22-12-13-9-15(21)19(27-4)18(10-13)26-3/h5-7,9-12H,1,8H2,2-4H3,(H,23,24)/b22-12+. The van der Waals surface area contributed by atoms with Crippen LogP contribution in [-0.2, 0) is 0 Å². The second kappa shape index (κ2) is 10.4. The molecule has 0 spiro atoms. The van der Waals surface area contributed by atoms with Gasteiger partial charge in [-0.05, 0) is 51.8 Å². The van der Waals surface area contributed by atoms with E-state index >= 15 is 0 Å². The maximum Gasteiger partial charge on any atom is 0.271 e. The molecule has 0 fully saturated rings. The van der Waals surface area contributed by atoms with Crippen molar-refractivity contribution in [1.29, 1.82) is 0 Å². The fourth-order valence-corrected chi connectivity index (χ4v) is 2.94. The molecule has 0 atom stereocenters. The highest BCUT2D eigenvalue weighted by atomic mass is 79.9. The lowest BCUT2D eigenvalue weighted by Crippen LogP contribution is -2.17. The molecule has 1 N–H and O–H groups in total. The van der Waals surface area contributed by atoms with Gasteiger partial charge >= 0.3 is 0 Å². The number of nitrogens with zero attached hydrogens (tertiary/aromatic N) is 1. The summed E-state index contributed by atoms with van der Waals surface area (Å²) in [5.74, 6) is 1.71. The van der Waals surface area contributed by atoms with Crippen LogP contribution >= 0.6 is 15.9 Å². The summed E-state index contributed by atoms with van der Waals surface area (Å²) < 4.78 is 22.0. The van der Waals surface area contributed by atoms with Gasteiger partial charge in [-0.3, -0.25) is 4.79 Å². The van der Waals surface area contributed by atoms with E-state index in [1.807, 2.05) is 0 Å². The number of hydrazone groups is 1. The normalized spacial score (nSPS) is 10.4. The molecule has 0 saturated carbocycles. The summed E-state index contributed by atoms with van der Waals surface area (Å²) in [6, 6.07) is 8.40. The van der Waals surface area contributed by atoms with E-state index in [0.29, 0.717) is 39.6 Å². The van der Waals surface area contributed by atoms with Crippen molar-refractivity contribution in [2.75, 3.05) is 27.9 Å². The number of carbonyl (C=O) groups is 1. The Morgan fingerprint density at radius 1 is 1.11 bits per heavy atom. The van der Waals surface area contributed by atoms with E-state index in [4.69, 9.17) is 18.9 Å². The second-order valence-electron chi connectivity index (χ2n) is 5.40.